The van der Waals surface area contributed by atoms with Crippen molar-refractivity contribution in [3.05, 3.63) is 6.92 Å². The predicted octanol–water partition coefficient (Wildman–Crippen LogP) is 1.22. The summed E-state index contributed by atoms with van der Waals surface area (Å²) in [7, 11) is 1.63. The smallest absolute Gasteiger partial charge is 0.153 e. The van der Waals surface area contributed by atoms with E-state index in [4.69, 9.17) is 9.47 Å². The largest absolute Gasteiger partial charge is 0.385 e. The van der Waals surface area contributed by atoms with Gasteiger partial charge in [0.25, 0.3) is 0 Å². The van der Waals surface area contributed by atoms with Crippen LogP contribution >= 0.6 is 0 Å². The fourth-order valence-electron chi connectivity index (χ4n) is 0.484. The first-order valence-electron chi connectivity index (χ1n) is 2.78. The van der Waals surface area contributed by atoms with E-state index in [-0.39, 0.29) is 39.0 Å². The van der Waals surface area contributed by atoms with Crippen LogP contribution in [0.3, 0.4) is 0 Å². The number of rotatable bonds is 4. The van der Waals surface area contributed by atoms with Crippen LogP contribution in [0.25, 0.3) is 0 Å². The molecule has 0 rings (SSSR count). The van der Waals surface area contributed by atoms with Crippen LogP contribution in [0.15, 0.2) is 0 Å². The molecule has 0 saturated heterocycles. The number of hydrogen-bond donors (Lipinski definition) is 0. The Kier molecular flexibility index (Phi) is 12.7. The van der Waals surface area contributed by atoms with Crippen LogP contribution in [0.2, 0.25) is 0 Å². The molecule has 1 unspecified atom stereocenters. The zero-order valence-electron chi connectivity index (χ0n) is 6.09. The van der Waals surface area contributed by atoms with Crippen molar-refractivity contribution in [1.29, 1.82) is 0 Å². The van der Waals surface area contributed by atoms with Gasteiger partial charge in [0.05, 0.1) is 0 Å². The Morgan fingerprint density at radius 2 is 2.11 bits per heavy atom. The maximum Gasteiger partial charge on any atom is 0.153 e. The Labute approximate surface area is 82.2 Å². The first-order valence-corrected chi connectivity index (χ1v) is 2.78. The zero-order chi connectivity index (χ0) is 6.41. The third-order valence-electron chi connectivity index (χ3n) is 0.900. The molecule has 0 aromatic heterocycles. The Morgan fingerprint density at radius 1 is 1.56 bits per heavy atom. The summed E-state index contributed by atoms with van der Waals surface area (Å²) < 4.78 is 9.88. The van der Waals surface area contributed by atoms with Crippen LogP contribution in [0.1, 0.15) is 13.3 Å². The quantitative estimate of drug-likeness (QED) is 0.508. The summed E-state index contributed by atoms with van der Waals surface area (Å²) in [6.45, 7) is 6.00. The molecule has 0 spiro atoms. The van der Waals surface area contributed by atoms with Crippen LogP contribution in [0.5, 0.6) is 0 Å². The van der Waals surface area contributed by atoms with Gasteiger partial charge in [-0.05, 0) is 6.42 Å². The normalized spacial score (nSPS) is 12.3. The molecule has 0 amide bonds. The summed E-state index contributed by atoms with van der Waals surface area (Å²) in [6.07, 6.45) is 0.818. The fourth-order valence-corrected chi connectivity index (χ4v) is 0.484. The minimum absolute atomic E-state index is 0. The van der Waals surface area contributed by atoms with Gasteiger partial charge in [-0.3, -0.25) is 0 Å². The van der Waals surface area contributed by atoms with Crippen molar-refractivity contribution in [3.63, 3.8) is 0 Å². The second kappa shape index (κ2) is 9.02. The standard InChI is InChI=1S/C6H13O2.Y/c1-4-6(7-3)8-5-2;/h6H,2,4-5H2,1,3H3;/q-1;. The van der Waals surface area contributed by atoms with E-state index in [1.54, 1.807) is 7.11 Å². The van der Waals surface area contributed by atoms with E-state index >= 15 is 0 Å². The molecule has 1 radical (unpaired) electrons. The molecule has 53 valence electrons. The molecule has 0 N–H and O–H groups in total. The summed E-state index contributed by atoms with van der Waals surface area (Å²) in [6, 6.07) is 0. The maximum atomic E-state index is 5.01. The molecule has 0 aromatic rings. The van der Waals surface area contributed by atoms with E-state index in [9.17, 15) is 0 Å². The monoisotopic (exact) mass is 206 g/mol. The van der Waals surface area contributed by atoms with Crippen LogP contribution in [-0.4, -0.2) is 20.0 Å². The van der Waals surface area contributed by atoms with E-state index in [2.05, 4.69) is 6.92 Å². The van der Waals surface area contributed by atoms with Crippen LogP contribution < -0.4 is 0 Å². The van der Waals surface area contributed by atoms with Gasteiger partial charge in [0, 0.05) is 39.8 Å². The average Bonchev–Trinajstić information content (AvgIpc) is 1.83. The second-order valence-electron chi connectivity index (χ2n) is 1.44. The van der Waals surface area contributed by atoms with Crippen molar-refractivity contribution in [2.45, 2.75) is 19.6 Å². The van der Waals surface area contributed by atoms with Crippen molar-refractivity contribution in [2.75, 3.05) is 13.7 Å². The second-order valence-corrected chi connectivity index (χ2v) is 1.44. The van der Waals surface area contributed by atoms with Crippen LogP contribution in [-0.2, 0) is 42.2 Å². The van der Waals surface area contributed by atoms with Gasteiger partial charge in [-0.15, -0.1) is 0 Å². The minimum Gasteiger partial charge on any atom is -0.385 e. The summed E-state index contributed by atoms with van der Waals surface area (Å²) in [4.78, 5) is 0. The molecule has 3 heteroatoms. The molecule has 0 saturated carbocycles. The number of ether oxygens (including phenoxy) is 2. The molecule has 0 fully saturated rings. The van der Waals surface area contributed by atoms with Gasteiger partial charge in [0.2, 0.25) is 0 Å². The Morgan fingerprint density at radius 3 is 2.22 bits per heavy atom. The number of hydrogen-bond acceptors (Lipinski definition) is 2. The summed E-state index contributed by atoms with van der Waals surface area (Å²) in [5.41, 5.74) is 0. The molecule has 0 aliphatic carbocycles. The van der Waals surface area contributed by atoms with Gasteiger partial charge in [-0.1, -0.05) is 13.5 Å². The Balaban J connectivity index is 0. The molecule has 0 bridgehead atoms. The van der Waals surface area contributed by atoms with E-state index in [1.165, 1.54) is 0 Å². The van der Waals surface area contributed by atoms with E-state index < -0.39 is 0 Å². The maximum absolute atomic E-state index is 5.01. The van der Waals surface area contributed by atoms with E-state index in [0.717, 1.165) is 6.42 Å². The molecule has 0 aliphatic heterocycles. The first-order chi connectivity index (χ1) is 3.85. The van der Waals surface area contributed by atoms with Gasteiger partial charge in [-0.25, -0.2) is 0 Å². The summed E-state index contributed by atoms with van der Waals surface area (Å²) in [5, 5.41) is 0. The molecule has 1 atom stereocenters. The summed E-state index contributed by atoms with van der Waals surface area (Å²) >= 11 is 0. The van der Waals surface area contributed by atoms with Crippen molar-refractivity contribution in [2.24, 2.45) is 0 Å². The SMILES string of the molecule is [CH2-]COC(CC)OC.[Y]. The minimum atomic E-state index is -0.0625. The van der Waals surface area contributed by atoms with Gasteiger partial charge < -0.3 is 16.4 Å². The predicted molar refractivity (Wildman–Crippen MR) is 32.4 cm³/mol. The number of methoxy groups -OCH3 is 1. The molecule has 9 heavy (non-hydrogen) atoms. The zero-order valence-corrected chi connectivity index (χ0v) is 8.93. The molecule has 0 heterocycles. The molecular formula is C6H13O2Y-. The average molecular weight is 206 g/mol. The van der Waals surface area contributed by atoms with Gasteiger partial charge in [0.1, 0.15) is 0 Å². The van der Waals surface area contributed by atoms with E-state index in [0.29, 0.717) is 6.61 Å². The third kappa shape index (κ3) is 6.91. The topological polar surface area (TPSA) is 18.5 Å². The van der Waals surface area contributed by atoms with Crippen LogP contribution in [0, 0.1) is 6.92 Å². The third-order valence-corrected chi connectivity index (χ3v) is 0.900. The molecule has 0 aromatic carbocycles. The van der Waals surface area contributed by atoms with Gasteiger partial charge in [-0.2, -0.15) is 0 Å². The molecule has 2 nitrogen and oxygen atoms in total. The molecule has 0 aliphatic rings. The Bertz CT molecular complexity index is 46.3. The van der Waals surface area contributed by atoms with Crippen LogP contribution in [0.4, 0.5) is 0 Å². The van der Waals surface area contributed by atoms with Gasteiger partial charge >= 0.3 is 0 Å². The van der Waals surface area contributed by atoms with E-state index in [1.807, 2.05) is 6.92 Å². The summed E-state index contributed by atoms with van der Waals surface area (Å²) in [5.74, 6) is 0. The fraction of sp³-hybridized carbons (Fsp3) is 0.833. The Hall–Kier alpha value is 1.02. The van der Waals surface area contributed by atoms with Crippen molar-refractivity contribution < 1.29 is 42.2 Å². The van der Waals surface area contributed by atoms with Crippen molar-refractivity contribution in [1.82, 2.24) is 0 Å². The van der Waals surface area contributed by atoms with Gasteiger partial charge in [0.15, 0.2) is 6.29 Å². The van der Waals surface area contributed by atoms with Crippen molar-refractivity contribution >= 4 is 0 Å². The first kappa shape index (κ1) is 12.7. The van der Waals surface area contributed by atoms with Crippen molar-refractivity contribution in [3.8, 4) is 0 Å². The molecular weight excluding hydrogens is 193 g/mol.